The zero-order valence-electron chi connectivity index (χ0n) is 21.2. The Labute approximate surface area is 217 Å². The van der Waals surface area contributed by atoms with Crippen LogP contribution in [0.25, 0.3) is 0 Å². The number of nitrogens with zero attached hydrogens (tertiary/aromatic N) is 1. The van der Waals surface area contributed by atoms with Gasteiger partial charge in [-0.2, -0.15) is 0 Å². The van der Waals surface area contributed by atoms with Crippen molar-refractivity contribution in [3.63, 3.8) is 0 Å². The van der Waals surface area contributed by atoms with E-state index in [1.54, 1.807) is 30.2 Å². The highest BCUT2D eigenvalue weighted by Gasteiger charge is 2.36. The Balaban J connectivity index is 1.61. The van der Waals surface area contributed by atoms with Crippen LogP contribution in [0.1, 0.15) is 53.2 Å². The number of nitrogens with one attached hydrogen (secondary N) is 1. The van der Waals surface area contributed by atoms with Gasteiger partial charge in [0, 0.05) is 17.3 Å². The number of carbonyl (C=O) groups is 2. The fourth-order valence-electron chi connectivity index (χ4n) is 5.07. The van der Waals surface area contributed by atoms with Gasteiger partial charge in [0.2, 0.25) is 5.91 Å². The summed E-state index contributed by atoms with van der Waals surface area (Å²) in [6.45, 7) is 2.83. The molecule has 7 nitrogen and oxygen atoms in total. The standard InChI is InChI=1S/C30H32N2O5/c1-20-7-3-6-10-25(20)32(30(34)22-13-16-26-27(19-22)37-18-17-36-26)28(21-11-14-24(35-2)15-12-21)29(33)31-23-8-4-5-9-23/h3,6-7,10-16,19,23,28H,4-5,8-9,17-18H2,1-2H3,(H,31,33)/t28-/m1/s1. The number of benzene rings is 3. The van der Waals surface area contributed by atoms with E-state index in [2.05, 4.69) is 5.32 Å². The normalized spacial score (nSPS) is 15.6. The molecule has 1 heterocycles. The van der Waals surface area contributed by atoms with Crippen molar-refractivity contribution < 1.29 is 23.8 Å². The van der Waals surface area contributed by atoms with Gasteiger partial charge in [0.15, 0.2) is 11.5 Å². The molecule has 3 aromatic carbocycles. The molecular weight excluding hydrogens is 468 g/mol. The minimum absolute atomic E-state index is 0.108. The van der Waals surface area contributed by atoms with Crippen molar-refractivity contribution in [2.24, 2.45) is 0 Å². The van der Waals surface area contributed by atoms with E-state index < -0.39 is 6.04 Å². The summed E-state index contributed by atoms with van der Waals surface area (Å²) in [5.41, 5.74) is 2.68. The van der Waals surface area contributed by atoms with Gasteiger partial charge >= 0.3 is 0 Å². The van der Waals surface area contributed by atoms with E-state index in [0.29, 0.717) is 47.3 Å². The molecule has 0 radical (unpaired) electrons. The Morgan fingerprint density at radius 3 is 2.35 bits per heavy atom. The molecule has 2 amide bonds. The maximum absolute atomic E-state index is 14.3. The van der Waals surface area contributed by atoms with E-state index in [0.717, 1.165) is 31.2 Å². The second-order valence-corrected chi connectivity index (χ2v) is 9.49. The molecule has 192 valence electrons. The molecule has 0 bridgehead atoms. The maximum Gasteiger partial charge on any atom is 0.259 e. The van der Waals surface area contributed by atoms with E-state index in [1.807, 2.05) is 55.5 Å². The van der Waals surface area contributed by atoms with Crippen LogP contribution in [0.3, 0.4) is 0 Å². The van der Waals surface area contributed by atoms with Crippen LogP contribution >= 0.6 is 0 Å². The number of ether oxygens (including phenoxy) is 3. The molecule has 0 unspecified atom stereocenters. The molecule has 1 aliphatic carbocycles. The molecule has 0 saturated heterocycles. The monoisotopic (exact) mass is 500 g/mol. The number of carbonyl (C=O) groups excluding carboxylic acids is 2. The van der Waals surface area contributed by atoms with Crippen LogP contribution < -0.4 is 24.4 Å². The van der Waals surface area contributed by atoms with Crippen LogP contribution in [0.5, 0.6) is 17.2 Å². The quantitative estimate of drug-likeness (QED) is 0.481. The number of hydrogen-bond donors (Lipinski definition) is 1. The number of methoxy groups -OCH3 is 1. The Bertz CT molecular complexity index is 1270. The summed E-state index contributed by atoms with van der Waals surface area (Å²) in [5, 5.41) is 3.22. The number of amides is 2. The van der Waals surface area contributed by atoms with Crippen molar-refractivity contribution >= 4 is 17.5 Å². The minimum Gasteiger partial charge on any atom is -0.497 e. The summed E-state index contributed by atoms with van der Waals surface area (Å²) in [5.74, 6) is 1.31. The third kappa shape index (κ3) is 5.26. The molecule has 1 aliphatic heterocycles. The topological polar surface area (TPSA) is 77.1 Å². The van der Waals surface area contributed by atoms with Crippen molar-refractivity contribution in [2.45, 2.75) is 44.7 Å². The zero-order valence-corrected chi connectivity index (χ0v) is 21.2. The molecule has 1 atom stereocenters. The summed E-state index contributed by atoms with van der Waals surface area (Å²) >= 11 is 0. The zero-order chi connectivity index (χ0) is 25.8. The first kappa shape index (κ1) is 24.7. The maximum atomic E-state index is 14.3. The van der Waals surface area contributed by atoms with Gasteiger partial charge in [-0.25, -0.2) is 0 Å². The summed E-state index contributed by atoms with van der Waals surface area (Å²) in [6.07, 6.45) is 4.08. The lowest BCUT2D eigenvalue weighted by molar-refractivity contribution is -0.123. The number of para-hydroxylation sites is 1. The molecule has 7 heteroatoms. The van der Waals surface area contributed by atoms with E-state index in [9.17, 15) is 9.59 Å². The van der Waals surface area contributed by atoms with Gasteiger partial charge in [0.05, 0.1) is 7.11 Å². The van der Waals surface area contributed by atoms with Gasteiger partial charge in [-0.3, -0.25) is 14.5 Å². The minimum atomic E-state index is -0.881. The number of fused-ring (bicyclic) bond motifs is 1. The molecule has 1 N–H and O–H groups in total. The lowest BCUT2D eigenvalue weighted by atomic mass is 9.99. The smallest absolute Gasteiger partial charge is 0.259 e. The molecular formula is C30H32N2O5. The summed E-state index contributed by atoms with van der Waals surface area (Å²) in [4.78, 5) is 29.9. The van der Waals surface area contributed by atoms with Crippen LogP contribution in [0.2, 0.25) is 0 Å². The predicted molar refractivity (Wildman–Crippen MR) is 142 cm³/mol. The van der Waals surface area contributed by atoms with Crippen molar-refractivity contribution in [3.05, 3.63) is 83.4 Å². The number of rotatable bonds is 7. The average Bonchev–Trinajstić information content (AvgIpc) is 3.44. The number of hydrogen-bond acceptors (Lipinski definition) is 5. The molecule has 0 aromatic heterocycles. The van der Waals surface area contributed by atoms with Gasteiger partial charge in [-0.05, 0) is 67.3 Å². The number of anilines is 1. The van der Waals surface area contributed by atoms with E-state index in [-0.39, 0.29) is 17.9 Å². The average molecular weight is 501 g/mol. The fraction of sp³-hybridized carbons (Fsp3) is 0.333. The van der Waals surface area contributed by atoms with Crippen LogP contribution in [-0.4, -0.2) is 38.2 Å². The van der Waals surface area contributed by atoms with E-state index in [4.69, 9.17) is 14.2 Å². The van der Waals surface area contributed by atoms with E-state index in [1.165, 1.54) is 0 Å². The van der Waals surface area contributed by atoms with Gasteiger partial charge < -0.3 is 19.5 Å². The third-order valence-electron chi connectivity index (χ3n) is 7.02. The highest BCUT2D eigenvalue weighted by atomic mass is 16.6. The second-order valence-electron chi connectivity index (χ2n) is 9.49. The lowest BCUT2D eigenvalue weighted by Gasteiger charge is -2.33. The van der Waals surface area contributed by atoms with Crippen molar-refractivity contribution in [2.75, 3.05) is 25.2 Å². The molecule has 1 fully saturated rings. The van der Waals surface area contributed by atoms with Gasteiger partial charge in [-0.1, -0.05) is 43.2 Å². The van der Waals surface area contributed by atoms with Crippen LogP contribution in [0.4, 0.5) is 5.69 Å². The molecule has 1 saturated carbocycles. The Kier molecular flexibility index (Phi) is 7.30. The van der Waals surface area contributed by atoms with Crippen molar-refractivity contribution in [1.82, 2.24) is 5.32 Å². The third-order valence-corrected chi connectivity index (χ3v) is 7.02. The number of aryl methyl sites for hydroxylation is 1. The van der Waals surface area contributed by atoms with Gasteiger partial charge in [-0.15, -0.1) is 0 Å². The summed E-state index contributed by atoms with van der Waals surface area (Å²) in [7, 11) is 1.60. The van der Waals surface area contributed by atoms with Gasteiger partial charge in [0.25, 0.3) is 5.91 Å². The highest BCUT2D eigenvalue weighted by molar-refractivity contribution is 6.10. The Morgan fingerprint density at radius 1 is 0.946 bits per heavy atom. The summed E-state index contributed by atoms with van der Waals surface area (Å²) in [6, 6.07) is 19.3. The van der Waals surface area contributed by atoms with Gasteiger partial charge in [0.1, 0.15) is 25.0 Å². The first-order valence-corrected chi connectivity index (χ1v) is 12.8. The van der Waals surface area contributed by atoms with Crippen molar-refractivity contribution in [1.29, 1.82) is 0 Å². The second kappa shape index (κ2) is 10.9. The van der Waals surface area contributed by atoms with Crippen LogP contribution in [-0.2, 0) is 4.79 Å². The highest BCUT2D eigenvalue weighted by Crippen LogP contribution is 2.36. The SMILES string of the molecule is COc1ccc([C@H](C(=O)NC2CCCC2)N(C(=O)c2ccc3c(c2)OCCO3)c2ccccc2C)cc1. The fourth-order valence-corrected chi connectivity index (χ4v) is 5.07. The Hall–Kier alpha value is -4.00. The largest absolute Gasteiger partial charge is 0.497 e. The molecule has 3 aromatic rings. The van der Waals surface area contributed by atoms with Crippen LogP contribution in [0, 0.1) is 6.92 Å². The Morgan fingerprint density at radius 2 is 1.65 bits per heavy atom. The lowest BCUT2D eigenvalue weighted by Crippen LogP contribution is -2.46. The molecule has 0 spiro atoms. The summed E-state index contributed by atoms with van der Waals surface area (Å²) < 4.78 is 16.7. The first-order valence-electron chi connectivity index (χ1n) is 12.8. The molecule has 37 heavy (non-hydrogen) atoms. The van der Waals surface area contributed by atoms with Crippen molar-refractivity contribution in [3.8, 4) is 17.2 Å². The predicted octanol–water partition coefficient (Wildman–Crippen LogP) is 5.22. The van der Waals surface area contributed by atoms with E-state index >= 15 is 0 Å². The molecule has 2 aliphatic rings. The van der Waals surface area contributed by atoms with Crippen LogP contribution in [0.15, 0.2) is 66.7 Å². The molecule has 5 rings (SSSR count). The first-order chi connectivity index (χ1) is 18.0.